The number of nitrogens with zero attached hydrogens (tertiary/aromatic N) is 1. The molecule has 0 aliphatic carbocycles. The van der Waals surface area contributed by atoms with Crippen LogP contribution in [0.25, 0.3) is 0 Å². The van der Waals surface area contributed by atoms with E-state index in [-0.39, 0.29) is 23.8 Å². The van der Waals surface area contributed by atoms with Gasteiger partial charge in [-0.1, -0.05) is 25.5 Å². The van der Waals surface area contributed by atoms with E-state index >= 15 is 0 Å². The quantitative estimate of drug-likeness (QED) is 0.481. The van der Waals surface area contributed by atoms with E-state index in [0.29, 0.717) is 26.1 Å². The minimum absolute atomic E-state index is 0.139. The molecule has 0 atom stereocenters. The molecule has 150 valence electrons. The van der Waals surface area contributed by atoms with E-state index in [4.69, 9.17) is 4.74 Å². The summed E-state index contributed by atoms with van der Waals surface area (Å²) in [6, 6.07) is 6.59. The second-order valence-electron chi connectivity index (χ2n) is 6.62. The first-order valence-electron chi connectivity index (χ1n) is 9.45. The minimum Gasteiger partial charge on any atom is -0.456 e. The van der Waals surface area contributed by atoms with Crippen molar-refractivity contribution in [2.24, 2.45) is 0 Å². The number of carbonyl (C=O) groups is 2. The Hall–Kier alpha value is -1.93. The summed E-state index contributed by atoms with van der Waals surface area (Å²) in [6.45, 7) is 3.49. The molecule has 7 nitrogen and oxygen atoms in total. The van der Waals surface area contributed by atoms with Crippen LogP contribution < -0.4 is 5.32 Å². The van der Waals surface area contributed by atoms with Gasteiger partial charge in [-0.05, 0) is 43.4 Å². The van der Waals surface area contributed by atoms with E-state index in [0.717, 1.165) is 31.2 Å². The van der Waals surface area contributed by atoms with Crippen molar-refractivity contribution in [3.05, 3.63) is 29.8 Å². The largest absolute Gasteiger partial charge is 0.456 e. The van der Waals surface area contributed by atoms with E-state index in [1.807, 2.05) is 6.92 Å². The fourth-order valence-corrected chi connectivity index (χ4v) is 4.34. The summed E-state index contributed by atoms with van der Waals surface area (Å²) in [5.74, 6) is -0.748. The summed E-state index contributed by atoms with van der Waals surface area (Å²) in [5.41, 5.74) is 0.847. The number of sulfonamides is 1. The first-order valence-corrected chi connectivity index (χ1v) is 10.9. The number of amides is 1. The number of hydrogen-bond acceptors (Lipinski definition) is 5. The van der Waals surface area contributed by atoms with E-state index in [1.54, 1.807) is 24.3 Å². The molecule has 1 amide bonds. The number of carbonyl (C=O) groups excluding carboxylic acids is 2. The third kappa shape index (κ3) is 6.62. The van der Waals surface area contributed by atoms with Crippen LogP contribution in [0.4, 0.5) is 0 Å². The average Bonchev–Trinajstić information content (AvgIpc) is 3.21. The molecule has 0 saturated carbocycles. The Labute approximate surface area is 161 Å². The average molecular weight is 397 g/mol. The van der Waals surface area contributed by atoms with Crippen LogP contribution in [-0.2, 0) is 30.8 Å². The van der Waals surface area contributed by atoms with E-state index in [9.17, 15) is 18.0 Å². The highest BCUT2D eigenvalue weighted by Gasteiger charge is 2.26. The molecule has 1 saturated heterocycles. The zero-order chi connectivity index (χ0) is 19.7. The highest BCUT2D eigenvalue weighted by molar-refractivity contribution is 7.89. The maximum Gasteiger partial charge on any atom is 0.306 e. The lowest BCUT2D eigenvalue weighted by atomic mass is 10.1. The number of rotatable bonds is 10. The predicted molar refractivity (Wildman–Crippen MR) is 102 cm³/mol. The molecule has 1 aliphatic rings. The Bertz CT molecular complexity index is 725. The van der Waals surface area contributed by atoms with Gasteiger partial charge in [-0.15, -0.1) is 0 Å². The van der Waals surface area contributed by atoms with Crippen LogP contribution in [0.15, 0.2) is 29.2 Å². The molecule has 1 aromatic rings. The minimum atomic E-state index is -3.42. The Balaban J connectivity index is 1.76. The molecule has 1 aromatic carbocycles. The van der Waals surface area contributed by atoms with Crippen LogP contribution in [0, 0.1) is 0 Å². The zero-order valence-corrected chi connectivity index (χ0v) is 16.6. The number of esters is 1. The van der Waals surface area contributed by atoms with Gasteiger partial charge in [-0.2, -0.15) is 4.31 Å². The molecule has 27 heavy (non-hydrogen) atoms. The lowest BCUT2D eigenvalue weighted by Crippen LogP contribution is -2.29. The van der Waals surface area contributed by atoms with Crippen molar-refractivity contribution in [2.75, 3.05) is 26.2 Å². The van der Waals surface area contributed by atoms with Crippen molar-refractivity contribution < 1.29 is 22.7 Å². The summed E-state index contributed by atoms with van der Waals surface area (Å²) in [6.07, 6.45) is 4.24. The van der Waals surface area contributed by atoms with Gasteiger partial charge >= 0.3 is 5.97 Å². The van der Waals surface area contributed by atoms with Gasteiger partial charge in [0.25, 0.3) is 5.91 Å². The van der Waals surface area contributed by atoms with Crippen molar-refractivity contribution in [1.29, 1.82) is 0 Å². The lowest BCUT2D eigenvalue weighted by Gasteiger charge is -2.15. The van der Waals surface area contributed by atoms with Crippen LogP contribution in [0.3, 0.4) is 0 Å². The monoisotopic (exact) mass is 396 g/mol. The molecular formula is C19H28N2O5S. The molecule has 0 spiro atoms. The van der Waals surface area contributed by atoms with Crippen molar-refractivity contribution in [3.63, 3.8) is 0 Å². The molecule has 0 radical (unpaired) electrons. The second kappa shape index (κ2) is 10.4. The highest BCUT2D eigenvalue weighted by Crippen LogP contribution is 2.21. The molecule has 0 bridgehead atoms. The molecular weight excluding hydrogens is 368 g/mol. The van der Waals surface area contributed by atoms with Crippen molar-refractivity contribution >= 4 is 21.9 Å². The number of ether oxygens (including phenoxy) is 1. The van der Waals surface area contributed by atoms with Gasteiger partial charge in [0, 0.05) is 26.1 Å². The molecule has 1 heterocycles. The summed E-state index contributed by atoms with van der Waals surface area (Å²) >= 11 is 0. The molecule has 0 unspecified atom stereocenters. The summed E-state index contributed by atoms with van der Waals surface area (Å²) in [7, 11) is -3.42. The van der Waals surface area contributed by atoms with Gasteiger partial charge in [-0.25, -0.2) is 8.42 Å². The molecule has 1 N–H and O–H groups in total. The number of hydrogen-bond donors (Lipinski definition) is 1. The van der Waals surface area contributed by atoms with Crippen LogP contribution in [0.1, 0.15) is 44.6 Å². The number of unbranched alkanes of at least 4 members (excludes halogenated alkanes) is 1. The Kier molecular flexibility index (Phi) is 8.24. The fraction of sp³-hybridized carbons (Fsp3) is 0.579. The van der Waals surface area contributed by atoms with E-state index in [2.05, 4.69) is 5.32 Å². The van der Waals surface area contributed by atoms with Crippen LogP contribution in [-0.4, -0.2) is 50.8 Å². The van der Waals surface area contributed by atoms with Gasteiger partial charge in [0.1, 0.15) is 0 Å². The van der Waals surface area contributed by atoms with Gasteiger partial charge in [0.15, 0.2) is 6.61 Å². The Morgan fingerprint density at radius 1 is 1.15 bits per heavy atom. The van der Waals surface area contributed by atoms with Crippen LogP contribution in [0.2, 0.25) is 0 Å². The smallest absolute Gasteiger partial charge is 0.306 e. The second-order valence-corrected chi connectivity index (χ2v) is 8.56. The molecule has 8 heteroatoms. The SMILES string of the molecule is CCCCNC(=O)COC(=O)CCc1ccc(S(=O)(=O)N2CCCC2)cc1. The summed E-state index contributed by atoms with van der Waals surface area (Å²) < 4.78 is 31.4. The van der Waals surface area contributed by atoms with E-state index < -0.39 is 16.0 Å². The maximum absolute atomic E-state index is 12.5. The van der Waals surface area contributed by atoms with Gasteiger partial charge < -0.3 is 10.1 Å². The van der Waals surface area contributed by atoms with E-state index in [1.165, 1.54) is 4.31 Å². The molecule has 1 aliphatic heterocycles. The third-order valence-corrected chi connectivity index (χ3v) is 6.37. The Morgan fingerprint density at radius 2 is 1.81 bits per heavy atom. The van der Waals surface area contributed by atoms with Gasteiger partial charge in [0.05, 0.1) is 4.90 Å². The summed E-state index contributed by atoms with van der Waals surface area (Å²) in [4.78, 5) is 23.5. The third-order valence-electron chi connectivity index (χ3n) is 4.46. The highest BCUT2D eigenvalue weighted by atomic mass is 32.2. The number of benzene rings is 1. The van der Waals surface area contributed by atoms with Crippen molar-refractivity contribution in [1.82, 2.24) is 9.62 Å². The first kappa shape index (κ1) is 21.4. The Morgan fingerprint density at radius 3 is 2.44 bits per heavy atom. The number of aryl methyl sites for hydroxylation is 1. The standard InChI is InChI=1S/C19H28N2O5S/c1-2-3-12-20-18(22)15-26-19(23)11-8-16-6-9-17(10-7-16)27(24,25)21-13-4-5-14-21/h6-7,9-10H,2-5,8,11-15H2,1H3,(H,20,22). The molecule has 1 fully saturated rings. The summed E-state index contributed by atoms with van der Waals surface area (Å²) in [5, 5.41) is 2.68. The zero-order valence-electron chi connectivity index (χ0n) is 15.8. The van der Waals surface area contributed by atoms with Crippen LogP contribution in [0.5, 0.6) is 0 Å². The number of nitrogens with one attached hydrogen (secondary N) is 1. The topological polar surface area (TPSA) is 92.8 Å². The van der Waals surface area contributed by atoms with Crippen molar-refractivity contribution in [3.8, 4) is 0 Å². The first-order chi connectivity index (χ1) is 12.9. The predicted octanol–water partition coefficient (Wildman–Crippen LogP) is 1.86. The molecule has 0 aromatic heterocycles. The van der Waals surface area contributed by atoms with Gasteiger partial charge in [0.2, 0.25) is 10.0 Å². The fourth-order valence-electron chi connectivity index (χ4n) is 2.83. The van der Waals surface area contributed by atoms with Crippen LogP contribution >= 0.6 is 0 Å². The van der Waals surface area contributed by atoms with Gasteiger partial charge in [-0.3, -0.25) is 9.59 Å². The molecule has 2 rings (SSSR count). The normalized spacial score (nSPS) is 14.9. The lowest BCUT2D eigenvalue weighted by molar-refractivity contribution is -0.148. The maximum atomic E-state index is 12.5. The van der Waals surface area contributed by atoms with Crippen molar-refractivity contribution in [2.45, 2.75) is 50.3 Å².